The Balaban J connectivity index is 0.000000310. The standard InChI is InChI=1S/C3H6N6.C3H6O/c4-1-7-2(5)9-3(6)8-1;1-2-3-4/h(H6,4,5,6,7,8,9);3H,2H2,1H3. The van der Waals surface area contributed by atoms with Crippen LogP contribution >= 0.6 is 0 Å². The van der Waals surface area contributed by atoms with E-state index >= 15 is 0 Å². The zero-order chi connectivity index (χ0) is 10.3. The van der Waals surface area contributed by atoms with Gasteiger partial charge >= 0.3 is 0 Å². The van der Waals surface area contributed by atoms with Gasteiger partial charge in [0, 0.05) is 6.42 Å². The van der Waals surface area contributed by atoms with Gasteiger partial charge in [-0.15, -0.1) is 0 Å². The molecule has 0 aliphatic heterocycles. The second-order valence-corrected chi connectivity index (χ2v) is 1.98. The van der Waals surface area contributed by atoms with Gasteiger partial charge in [0.05, 0.1) is 0 Å². The molecule has 1 heterocycles. The van der Waals surface area contributed by atoms with Crippen LogP contribution in [-0.2, 0) is 4.79 Å². The van der Waals surface area contributed by atoms with Crippen LogP contribution in [0.4, 0.5) is 17.8 Å². The van der Waals surface area contributed by atoms with Gasteiger partial charge in [0.25, 0.3) is 0 Å². The summed E-state index contributed by atoms with van der Waals surface area (Å²) in [5.74, 6) is 0.125. The zero-order valence-corrected chi connectivity index (χ0v) is 7.27. The molecule has 0 saturated carbocycles. The SMILES string of the molecule is CCC=O.Nc1nc(N)nc(N)n1. The highest BCUT2D eigenvalue weighted by molar-refractivity contribution is 5.48. The van der Waals surface area contributed by atoms with Crippen molar-refractivity contribution in [1.29, 1.82) is 0 Å². The van der Waals surface area contributed by atoms with Crippen molar-refractivity contribution >= 4 is 24.1 Å². The highest BCUT2D eigenvalue weighted by atomic mass is 16.1. The molecule has 1 aromatic heterocycles. The molecule has 0 spiro atoms. The molecule has 1 rings (SSSR count). The summed E-state index contributed by atoms with van der Waals surface area (Å²) >= 11 is 0. The molecule has 0 aliphatic rings. The molecule has 0 aliphatic carbocycles. The molecule has 0 fully saturated rings. The summed E-state index contributed by atoms with van der Waals surface area (Å²) in [7, 11) is 0. The summed E-state index contributed by atoms with van der Waals surface area (Å²) < 4.78 is 0. The molecule has 72 valence electrons. The lowest BCUT2D eigenvalue weighted by molar-refractivity contribution is -0.107. The van der Waals surface area contributed by atoms with Crippen LogP contribution < -0.4 is 17.2 Å². The molecule has 0 saturated heterocycles. The van der Waals surface area contributed by atoms with Gasteiger partial charge in [-0.25, -0.2) is 0 Å². The van der Waals surface area contributed by atoms with Crippen LogP contribution in [0.25, 0.3) is 0 Å². The summed E-state index contributed by atoms with van der Waals surface area (Å²) in [5, 5.41) is 0. The van der Waals surface area contributed by atoms with Gasteiger partial charge in [0.2, 0.25) is 17.8 Å². The highest BCUT2D eigenvalue weighted by Gasteiger charge is 1.93. The minimum absolute atomic E-state index is 0.0417. The number of rotatable bonds is 1. The molecule has 0 atom stereocenters. The molecule has 0 radical (unpaired) electrons. The lowest BCUT2D eigenvalue weighted by atomic mass is 10.6. The second-order valence-electron chi connectivity index (χ2n) is 1.98. The van der Waals surface area contributed by atoms with Crippen molar-refractivity contribution < 1.29 is 4.79 Å². The van der Waals surface area contributed by atoms with Crippen LogP contribution in [0.15, 0.2) is 0 Å². The number of nitrogens with two attached hydrogens (primary N) is 3. The lowest BCUT2D eigenvalue weighted by Crippen LogP contribution is -2.05. The van der Waals surface area contributed by atoms with Gasteiger partial charge in [-0.3, -0.25) is 0 Å². The zero-order valence-electron chi connectivity index (χ0n) is 7.27. The van der Waals surface area contributed by atoms with E-state index in [0.717, 1.165) is 6.29 Å². The Hall–Kier alpha value is -1.92. The van der Waals surface area contributed by atoms with Crippen LogP contribution in [0.2, 0.25) is 0 Å². The third-order valence-corrected chi connectivity index (χ3v) is 0.854. The first-order valence-electron chi connectivity index (χ1n) is 3.56. The fourth-order valence-electron chi connectivity index (χ4n) is 0.427. The van der Waals surface area contributed by atoms with E-state index in [1.807, 2.05) is 6.92 Å². The molecule has 0 unspecified atom stereocenters. The summed E-state index contributed by atoms with van der Waals surface area (Å²) in [6, 6.07) is 0. The lowest BCUT2D eigenvalue weighted by Gasteiger charge is -1.93. The molecular weight excluding hydrogens is 172 g/mol. The van der Waals surface area contributed by atoms with Crippen molar-refractivity contribution in [3.8, 4) is 0 Å². The molecule has 1 aromatic rings. The summed E-state index contributed by atoms with van der Waals surface area (Å²) in [6.07, 6.45) is 1.51. The minimum Gasteiger partial charge on any atom is -0.368 e. The highest BCUT2D eigenvalue weighted by Crippen LogP contribution is 1.97. The van der Waals surface area contributed by atoms with E-state index in [4.69, 9.17) is 17.2 Å². The number of nitrogen functional groups attached to an aromatic ring is 3. The summed E-state index contributed by atoms with van der Waals surface area (Å²) in [6.45, 7) is 1.81. The molecule has 6 N–H and O–H groups in total. The normalized spacial score (nSPS) is 8.38. The minimum atomic E-state index is 0.0417. The van der Waals surface area contributed by atoms with E-state index < -0.39 is 0 Å². The number of nitrogens with zero attached hydrogens (tertiary/aromatic N) is 3. The second kappa shape index (κ2) is 5.70. The van der Waals surface area contributed by atoms with Crippen molar-refractivity contribution in [3.05, 3.63) is 0 Å². The number of carbonyl (C=O) groups is 1. The van der Waals surface area contributed by atoms with Gasteiger partial charge in [-0.1, -0.05) is 6.92 Å². The Kier molecular flexibility index (Phi) is 4.85. The van der Waals surface area contributed by atoms with E-state index in [9.17, 15) is 4.79 Å². The first-order chi connectivity index (χ1) is 6.10. The molecular formula is C6H12N6O. The fraction of sp³-hybridized carbons (Fsp3) is 0.333. The van der Waals surface area contributed by atoms with Crippen molar-refractivity contribution in [2.45, 2.75) is 13.3 Å². The Bertz CT molecular complexity index is 225. The maximum Gasteiger partial charge on any atom is 0.226 e. The largest absolute Gasteiger partial charge is 0.368 e. The third-order valence-electron chi connectivity index (χ3n) is 0.854. The van der Waals surface area contributed by atoms with E-state index in [1.54, 1.807) is 0 Å². The number of hydrogen-bond acceptors (Lipinski definition) is 7. The third kappa shape index (κ3) is 5.36. The van der Waals surface area contributed by atoms with Crippen LogP contribution in [0.3, 0.4) is 0 Å². The first-order valence-corrected chi connectivity index (χ1v) is 3.56. The molecule has 0 aromatic carbocycles. The van der Waals surface area contributed by atoms with Gasteiger partial charge in [0.1, 0.15) is 6.29 Å². The molecule has 0 amide bonds. The van der Waals surface area contributed by atoms with E-state index in [0.29, 0.717) is 6.42 Å². The first kappa shape index (κ1) is 11.1. The molecule has 7 nitrogen and oxygen atoms in total. The van der Waals surface area contributed by atoms with Crippen LogP contribution in [0, 0.1) is 0 Å². The Labute approximate surface area is 75.4 Å². The van der Waals surface area contributed by atoms with Crippen molar-refractivity contribution in [2.75, 3.05) is 17.2 Å². The molecule has 7 heteroatoms. The number of hydrogen-bond donors (Lipinski definition) is 3. The predicted octanol–water partition coefficient (Wildman–Crippen LogP) is -0.786. The average Bonchev–Trinajstić information content (AvgIpc) is 2.02. The Morgan fingerprint density at radius 3 is 1.46 bits per heavy atom. The predicted molar refractivity (Wildman–Crippen MR) is 49.4 cm³/mol. The van der Waals surface area contributed by atoms with Gasteiger partial charge in [-0.2, -0.15) is 15.0 Å². The number of aldehydes is 1. The van der Waals surface area contributed by atoms with Crippen molar-refractivity contribution in [2.24, 2.45) is 0 Å². The van der Waals surface area contributed by atoms with Crippen LogP contribution in [0.5, 0.6) is 0 Å². The van der Waals surface area contributed by atoms with E-state index in [1.165, 1.54) is 0 Å². The smallest absolute Gasteiger partial charge is 0.226 e. The average molecular weight is 184 g/mol. The fourth-order valence-corrected chi connectivity index (χ4v) is 0.427. The van der Waals surface area contributed by atoms with Gasteiger partial charge in [-0.05, 0) is 0 Å². The topological polar surface area (TPSA) is 134 Å². The Morgan fingerprint density at radius 2 is 1.31 bits per heavy atom. The monoisotopic (exact) mass is 184 g/mol. The van der Waals surface area contributed by atoms with Crippen molar-refractivity contribution in [1.82, 2.24) is 15.0 Å². The molecule has 13 heavy (non-hydrogen) atoms. The molecule has 0 bridgehead atoms. The van der Waals surface area contributed by atoms with Gasteiger partial charge < -0.3 is 22.0 Å². The number of anilines is 3. The number of carbonyl (C=O) groups excluding carboxylic acids is 1. The maximum absolute atomic E-state index is 9.17. The Morgan fingerprint density at radius 1 is 1.08 bits per heavy atom. The van der Waals surface area contributed by atoms with Crippen molar-refractivity contribution in [3.63, 3.8) is 0 Å². The van der Waals surface area contributed by atoms with Crippen LogP contribution in [-0.4, -0.2) is 21.2 Å². The summed E-state index contributed by atoms with van der Waals surface area (Å²) in [4.78, 5) is 19.6. The van der Waals surface area contributed by atoms with Gasteiger partial charge in [0.15, 0.2) is 0 Å². The quantitative estimate of drug-likeness (QED) is 0.487. The van der Waals surface area contributed by atoms with E-state index in [2.05, 4.69) is 15.0 Å². The number of aromatic nitrogens is 3. The van der Waals surface area contributed by atoms with Crippen LogP contribution in [0.1, 0.15) is 13.3 Å². The van der Waals surface area contributed by atoms with E-state index in [-0.39, 0.29) is 17.8 Å². The summed E-state index contributed by atoms with van der Waals surface area (Å²) in [5.41, 5.74) is 15.4. The maximum atomic E-state index is 9.17.